The highest BCUT2D eigenvalue weighted by molar-refractivity contribution is 7.98. The number of hydrogen-bond donors (Lipinski definition) is 2. The lowest BCUT2D eigenvalue weighted by Gasteiger charge is -2.21. The van der Waals surface area contributed by atoms with Gasteiger partial charge in [0.25, 0.3) is 0 Å². The largest absolute Gasteiger partial charge is 0.356 e. The molecule has 1 aliphatic rings. The van der Waals surface area contributed by atoms with Gasteiger partial charge in [-0.1, -0.05) is 13.3 Å². The topological polar surface area (TPSA) is 75.3 Å². The Morgan fingerprint density at radius 3 is 2.68 bits per heavy atom. The summed E-state index contributed by atoms with van der Waals surface area (Å²) in [5.41, 5.74) is 0. The van der Waals surface area contributed by atoms with Crippen LogP contribution in [0.15, 0.2) is 0 Å². The van der Waals surface area contributed by atoms with Crippen LogP contribution in [0.1, 0.15) is 26.2 Å². The van der Waals surface area contributed by atoms with Crippen molar-refractivity contribution in [3.8, 4) is 0 Å². The molecule has 1 amide bonds. The summed E-state index contributed by atoms with van der Waals surface area (Å²) in [6.45, 7) is 2.47. The second kappa shape index (κ2) is 7.50. The SMILES string of the molecule is CSC[C@H](C)C(=O)NC[C@H]1CCC[C@@H]1NS(C)(=O)=O. The fourth-order valence-electron chi connectivity index (χ4n) is 2.44. The molecule has 19 heavy (non-hydrogen) atoms. The average molecular weight is 308 g/mol. The first-order chi connectivity index (χ1) is 8.83. The van der Waals surface area contributed by atoms with Crippen molar-refractivity contribution in [2.75, 3.05) is 24.8 Å². The van der Waals surface area contributed by atoms with E-state index in [0.29, 0.717) is 6.54 Å². The summed E-state index contributed by atoms with van der Waals surface area (Å²) >= 11 is 1.65. The van der Waals surface area contributed by atoms with Crippen molar-refractivity contribution in [2.45, 2.75) is 32.2 Å². The van der Waals surface area contributed by atoms with Gasteiger partial charge in [0.2, 0.25) is 15.9 Å². The number of amides is 1. The molecule has 7 heteroatoms. The van der Waals surface area contributed by atoms with E-state index in [1.54, 1.807) is 11.8 Å². The van der Waals surface area contributed by atoms with Gasteiger partial charge in [0, 0.05) is 24.3 Å². The Balaban J connectivity index is 2.41. The third-order valence-corrected chi connectivity index (χ3v) is 4.99. The molecule has 1 saturated carbocycles. The highest BCUT2D eigenvalue weighted by Gasteiger charge is 2.29. The molecule has 1 aliphatic carbocycles. The Labute approximate surface area is 120 Å². The normalized spacial score (nSPS) is 25.2. The summed E-state index contributed by atoms with van der Waals surface area (Å²) in [6, 6.07) is -0.0360. The molecule has 0 heterocycles. The van der Waals surface area contributed by atoms with E-state index >= 15 is 0 Å². The van der Waals surface area contributed by atoms with Crippen LogP contribution in [-0.2, 0) is 14.8 Å². The van der Waals surface area contributed by atoms with Crippen molar-refractivity contribution < 1.29 is 13.2 Å². The van der Waals surface area contributed by atoms with Crippen LogP contribution in [-0.4, -0.2) is 45.2 Å². The van der Waals surface area contributed by atoms with Gasteiger partial charge in [-0.05, 0) is 25.0 Å². The molecular weight excluding hydrogens is 284 g/mol. The van der Waals surface area contributed by atoms with Gasteiger partial charge in [-0.3, -0.25) is 4.79 Å². The van der Waals surface area contributed by atoms with E-state index < -0.39 is 10.0 Å². The molecule has 0 unspecified atom stereocenters. The minimum absolute atomic E-state index is 0.00211. The van der Waals surface area contributed by atoms with Gasteiger partial charge in [-0.15, -0.1) is 0 Å². The number of rotatable bonds is 7. The molecule has 2 N–H and O–H groups in total. The summed E-state index contributed by atoms with van der Waals surface area (Å²) in [4.78, 5) is 11.8. The van der Waals surface area contributed by atoms with Crippen molar-refractivity contribution in [2.24, 2.45) is 11.8 Å². The number of thioether (sulfide) groups is 1. The summed E-state index contributed by atoms with van der Waals surface area (Å²) < 4.78 is 25.2. The molecule has 0 aliphatic heterocycles. The number of carbonyl (C=O) groups excluding carboxylic acids is 1. The van der Waals surface area contributed by atoms with Crippen LogP contribution in [0.25, 0.3) is 0 Å². The average Bonchev–Trinajstić information content (AvgIpc) is 2.71. The predicted octanol–water partition coefficient (Wildman–Crippen LogP) is 0.820. The molecule has 1 fully saturated rings. The highest BCUT2D eigenvalue weighted by Crippen LogP contribution is 2.25. The molecule has 0 bridgehead atoms. The van der Waals surface area contributed by atoms with Gasteiger partial charge in [-0.25, -0.2) is 13.1 Å². The zero-order valence-electron chi connectivity index (χ0n) is 11.8. The third-order valence-electron chi connectivity index (χ3n) is 3.43. The minimum atomic E-state index is -3.17. The predicted molar refractivity (Wildman–Crippen MR) is 79.7 cm³/mol. The second-order valence-corrected chi connectivity index (χ2v) is 7.98. The summed E-state index contributed by atoms with van der Waals surface area (Å²) in [5.74, 6) is 1.07. The maximum Gasteiger partial charge on any atom is 0.223 e. The molecule has 0 aromatic heterocycles. The fourth-order valence-corrected chi connectivity index (χ4v) is 3.95. The molecular formula is C12H24N2O3S2. The van der Waals surface area contributed by atoms with Gasteiger partial charge in [0.1, 0.15) is 0 Å². The first-order valence-corrected chi connectivity index (χ1v) is 9.86. The van der Waals surface area contributed by atoms with Gasteiger partial charge in [0.05, 0.1) is 6.26 Å². The van der Waals surface area contributed by atoms with E-state index in [1.807, 2.05) is 13.2 Å². The van der Waals surface area contributed by atoms with Crippen molar-refractivity contribution in [3.63, 3.8) is 0 Å². The van der Waals surface area contributed by atoms with Crippen molar-refractivity contribution >= 4 is 27.7 Å². The molecule has 0 aromatic rings. The first-order valence-electron chi connectivity index (χ1n) is 6.57. The summed E-state index contributed by atoms with van der Waals surface area (Å²) in [7, 11) is -3.17. The Kier molecular flexibility index (Phi) is 6.62. The molecule has 112 valence electrons. The zero-order chi connectivity index (χ0) is 14.5. The van der Waals surface area contributed by atoms with E-state index in [0.717, 1.165) is 25.0 Å². The number of hydrogen-bond acceptors (Lipinski definition) is 4. The Hall–Kier alpha value is -0.270. The molecule has 0 radical (unpaired) electrons. The van der Waals surface area contributed by atoms with Crippen LogP contribution >= 0.6 is 11.8 Å². The highest BCUT2D eigenvalue weighted by atomic mass is 32.2. The monoisotopic (exact) mass is 308 g/mol. The molecule has 5 nitrogen and oxygen atoms in total. The van der Waals surface area contributed by atoms with Crippen LogP contribution in [0.4, 0.5) is 0 Å². The third kappa shape index (κ3) is 6.14. The number of carbonyl (C=O) groups is 1. The van der Waals surface area contributed by atoms with Crippen LogP contribution in [0.2, 0.25) is 0 Å². The number of nitrogens with one attached hydrogen (secondary N) is 2. The lowest BCUT2D eigenvalue weighted by atomic mass is 10.0. The standard InChI is InChI=1S/C12H24N2O3S2/c1-9(8-18-2)12(15)13-7-10-5-4-6-11(10)14-19(3,16)17/h9-11,14H,4-8H2,1-3H3,(H,13,15)/t9-,10+,11-/m0/s1. The van der Waals surface area contributed by atoms with Crippen molar-refractivity contribution in [1.82, 2.24) is 10.0 Å². The number of sulfonamides is 1. The van der Waals surface area contributed by atoms with Gasteiger partial charge >= 0.3 is 0 Å². The van der Waals surface area contributed by atoms with E-state index in [9.17, 15) is 13.2 Å². The Morgan fingerprint density at radius 2 is 2.11 bits per heavy atom. The van der Waals surface area contributed by atoms with Gasteiger partial charge < -0.3 is 5.32 Å². The first kappa shape index (κ1) is 16.8. The lowest BCUT2D eigenvalue weighted by molar-refractivity contribution is -0.124. The van der Waals surface area contributed by atoms with Crippen LogP contribution < -0.4 is 10.0 Å². The molecule has 1 rings (SSSR count). The van der Waals surface area contributed by atoms with E-state index in [-0.39, 0.29) is 23.8 Å². The second-order valence-electron chi connectivity index (χ2n) is 5.29. The van der Waals surface area contributed by atoms with Crippen molar-refractivity contribution in [1.29, 1.82) is 0 Å². The minimum Gasteiger partial charge on any atom is -0.356 e. The Morgan fingerprint density at radius 1 is 1.42 bits per heavy atom. The molecule has 0 spiro atoms. The van der Waals surface area contributed by atoms with Crippen LogP contribution in [0.5, 0.6) is 0 Å². The maximum absolute atomic E-state index is 11.8. The zero-order valence-corrected chi connectivity index (χ0v) is 13.4. The van der Waals surface area contributed by atoms with Crippen molar-refractivity contribution in [3.05, 3.63) is 0 Å². The summed E-state index contributed by atoms with van der Waals surface area (Å²) in [6.07, 6.45) is 5.99. The molecule has 0 aromatic carbocycles. The Bertz CT molecular complexity index is 398. The van der Waals surface area contributed by atoms with E-state index in [4.69, 9.17) is 0 Å². The lowest BCUT2D eigenvalue weighted by Crippen LogP contribution is -2.42. The quantitative estimate of drug-likeness (QED) is 0.730. The fraction of sp³-hybridized carbons (Fsp3) is 0.917. The molecule has 0 saturated heterocycles. The van der Waals surface area contributed by atoms with Gasteiger partial charge in [0.15, 0.2) is 0 Å². The maximum atomic E-state index is 11.8. The van der Waals surface area contributed by atoms with E-state index in [1.165, 1.54) is 6.26 Å². The van der Waals surface area contributed by atoms with Crippen LogP contribution in [0.3, 0.4) is 0 Å². The van der Waals surface area contributed by atoms with E-state index in [2.05, 4.69) is 10.0 Å². The smallest absolute Gasteiger partial charge is 0.223 e. The molecule has 3 atom stereocenters. The van der Waals surface area contributed by atoms with Crippen LogP contribution in [0, 0.1) is 11.8 Å². The van der Waals surface area contributed by atoms with Gasteiger partial charge in [-0.2, -0.15) is 11.8 Å². The summed E-state index contributed by atoms with van der Waals surface area (Å²) in [5, 5.41) is 2.94.